The highest BCUT2D eigenvalue weighted by Gasteiger charge is 2.08. The van der Waals surface area contributed by atoms with Gasteiger partial charge < -0.3 is 20.1 Å². The molecular weight excluding hydrogens is 282 g/mol. The lowest BCUT2D eigenvalue weighted by Crippen LogP contribution is -2.19. The van der Waals surface area contributed by atoms with Crippen LogP contribution in [0.1, 0.15) is 13.8 Å². The second kappa shape index (κ2) is 7.87. The van der Waals surface area contributed by atoms with Gasteiger partial charge in [-0.2, -0.15) is 0 Å². The minimum atomic E-state index is -0.348. The lowest BCUT2D eigenvalue weighted by molar-refractivity contribution is 0.262. The number of hydrogen-bond donors (Lipinski definition) is 2. The number of benzene rings is 1. The summed E-state index contributed by atoms with van der Waals surface area (Å²) in [5.74, 6) is 1.26. The molecule has 0 aliphatic rings. The number of ether oxygens (including phenoxy) is 2. The smallest absolute Gasteiger partial charge is 0.323 e. The van der Waals surface area contributed by atoms with Crippen LogP contribution >= 0.6 is 0 Å². The number of anilines is 2. The number of carbonyl (C=O) groups excluding carboxylic acids is 1. The van der Waals surface area contributed by atoms with E-state index in [2.05, 4.69) is 15.6 Å². The van der Waals surface area contributed by atoms with Crippen molar-refractivity contribution >= 4 is 17.4 Å². The zero-order chi connectivity index (χ0) is 15.8. The van der Waals surface area contributed by atoms with Crippen LogP contribution in [0, 0.1) is 0 Å². The molecule has 1 aromatic carbocycles. The van der Waals surface area contributed by atoms with E-state index in [1.807, 2.05) is 13.8 Å². The van der Waals surface area contributed by atoms with E-state index in [0.29, 0.717) is 36.1 Å². The summed E-state index contributed by atoms with van der Waals surface area (Å²) in [5, 5.41) is 5.44. The number of pyridine rings is 1. The van der Waals surface area contributed by atoms with Crippen molar-refractivity contribution in [2.75, 3.05) is 23.8 Å². The highest BCUT2D eigenvalue weighted by atomic mass is 16.5. The standard InChI is InChI=1S/C16H19N3O3/c1-3-21-14-8-7-12(10-15(14)22-4-2)18-16(20)19-13-6-5-9-17-11-13/h5-11H,3-4H2,1-2H3,(H2,18,19,20). The second-order valence-corrected chi connectivity index (χ2v) is 4.35. The number of aromatic nitrogens is 1. The van der Waals surface area contributed by atoms with E-state index in [0.717, 1.165) is 0 Å². The van der Waals surface area contributed by atoms with E-state index in [9.17, 15) is 4.79 Å². The monoisotopic (exact) mass is 301 g/mol. The summed E-state index contributed by atoms with van der Waals surface area (Å²) in [6.45, 7) is 4.87. The van der Waals surface area contributed by atoms with Gasteiger partial charge in [0, 0.05) is 18.0 Å². The zero-order valence-electron chi connectivity index (χ0n) is 12.6. The first kappa shape index (κ1) is 15.6. The van der Waals surface area contributed by atoms with Crippen molar-refractivity contribution < 1.29 is 14.3 Å². The largest absolute Gasteiger partial charge is 0.490 e. The quantitative estimate of drug-likeness (QED) is 0.856. The third kappa shape index (κ3) is 4.37. The minimum Gasteiger partial charge on any atom is -0.490 e. The number of rotatable bonds is 6. The van der Waals surface area contributed by atoms with Crippen molar-refractivity contribution in [3.05, 3.63) is 42.7 Å². The summed E-state index contributed by atoms with van der Waals surface area (Å²) >= 11 is 0. The molecule has 0 aliphatic carbocycles. The molecule has 2 aromatic rings. The van der Waals surface area contributed by atoms with Crippen LogP contribution in [0.4, 0.5) is 16.2 Å². The van der Waals surface area contributed by atoms with E-state index >= 15 is 0 Å². The van der Waals surface area contributed by atoms with Gasteiger partial charge in [-0.25, -0.2) is 4.79 Å². The lowest BCUT2D eigenvalue weighted by Gasteiger charge is -2.13. The van der Waals surface area contributed by atoms with E-state index in [4.69, 9.17) is 9.47 Å². The Bertz CT molecular complexity index is 617. The number of carbonyl (C=O) groups is 1. The Morgan fingerprint density at radius 1 is 1.05 bits per heavy atom. The average molecular weight is 301 g/mol. The van der Waals surface area contributed by atoms with Crippen molar-refractivity contribution in [1.82, 2.24) is 4.98 Å². The first-order valence-electron chi connectivity index (χ1n) is 7.10. The number of hydrogen-bond acceptors (Lipinski definition) is 4. The van der Waals surface area contributed by atoms with Gasteiger partial charge in [-0.3, -0.25) is 4.98 Å². The van der Waals surface area contributed by atoms with Gasteiger partial charge >= 0.3 is 6.03 Å². The summed E-state index contributed by atoms with van der Waals surface area (Å²) in [6.07, 6.45) is 3.22. The fourth-order valence-corrected chi connectivity index (χ4v) is 1.86. The molecule has 2 amide bonds. The van der Waals surface area contributed by atoms with Gasteiger partial charge in [0.15, 0.2) is 11.5 Å². The van der Waals surface area contributed by atoms with Gasteiger partial charge in [0.05, 0.1) is 25.1 Å². The molecule has 116 valence electrons. The Kier molecular flexibility index (Phi) is 5.59. The van der Waals surface area contributed by atoms with Crippen LogP contribution in [0.3, 0.4) is 0 Å². The number of amides is 2. The summed E-state index contributed by atoms with van der Waals surface area (Å²) < 4.78 is 11.0. The Hall–Kier alpha value is -2.76. The maximum absolute atomic E-state index is 11.9. The van der Waals surface area contributed by atoms with Crippen LogP contribution in [0.25, 0.3) is 0 Å². The molecule has 0 spiro atoms. The van der Waals surface area contributed by atoms with Crippen molar-refractivity contribution in [2.24, 2.45) is 0 Å². The van der Waals surface area contributed by atoms with Crippen molar-refractivity contribution in [2.45, 2.75) is 13.8 Å². The maximum Gasteiger partial charge on any atom is 0.323 e. The molecule has 2 rings (SSSR count). The highest BCUT2D eigenvalue weighted by Crippen LogP contribution is 2.30. The molecule has 0 radical (unpaired) electrons. The van der Waals surface area contributed by atoms with Gasteiger partial charge in [0.2, 0.25) is 0 Å². The molecule has 0 saturated carbocycles. The maximum atomic E-state index is 11.9. The lowest BCUT2D eigenvalue weighted by atomic mass is 10.2. The van der Waals surface area contributed by atoms with Crippen LogP contribution in [-0.2, 0) is 0 Å². The highest BCUT2D eigenvalue weighted by molar-refractivity contribution is 5.99. The molecular formula is C16H19N3O3. The normalized spacial score (nSPS) is 9.91. The Morgan fingerprint density at radius 3 is 2.45 bits per heavy atom. The summed E-state index contributed by atoms with van der Waals surface area (Å²) in [4.78, 5) is 15.9. The van der Waals surface area contributed by atoms with Crippen LogP contribution in [-0.4, -0.2) is 24.2 Å². The minimum absolute atomic E-state index is 0.348. The molecule has 1 aromatic heterocycles. The summed E-state index contributed by atoms with van der Waals surface area (Å²) in [7, 11) is 0. The van der Waals surface area contributed by atoms with Gasteiger partial charge in [-0.1, -0.05) is 0 Å². The fraction of sp³-hybridized carbons (Fsp3) is 0.250. The van der Waals surface area contributed by atoms with Crippen LogP contribution in [0.15, 0.2) is 42.7 Å². The van der Waals surface area contributed by atoms with Gasteiger partial charge in [0.1, 0.15) is 0 Å². The van der Waals surface area contributed by atoms with E-state index in [1.54, 1.807) is 42.7 Å². The van der Waals surface area contributed by atoms with Crippen LogP contribution < -0.4 is 20.1 Å². The van der Waals surface area contributed by atoms with Gasteiger partial charge in [-0.15, -0.1) is 0 Å². The molecule has 6 nitrogen and oxygen atoms in total. The average Bonchev–Trinajstić information content (AvgIpc) is 2.51. The first-order chi connectivity index (χ1) is 10.7. The van der Waals surface area contributed by atoms with Crippen molar-refractivity contribution in [3.63, 3.8) is 0 Å². The molecule has 0 atom stereocenters. The SMILES string of the molecule is CCOc1ccc(NC(=O)Nc2cccnc2)cc1OCC. The topological polar surface area (TPSA) is 72.5 Å². The van der Waals surface area contributed by atoms with Crippen LogP contribution in [0.2, 0.25) is 0 Å². The summed E-state index contributed by atoms with van der Waals surface area (Å²) in [5.41, 5.74) is 1.24. The third-order valence-corrected chi connectivity index (χ3v) is 2.72. The third-order valence-electron chi connectivity index (χ3n) is 2.72. The fourth-order valence-electron chi connectivity index (χ4n) is 1.86. The molecule has 6 heteroatoms. The van der Waals surface area contributed by atoms with Gasteiger partial charge in [0.25, 0.3) is 0 Å². The van der Waals surface area contributed by atoms with E-state index < -0.39 is 0 Å². The van der Waals surface area contributed by atoms with E-state index in [1.165, 1.54) is 0 Å². The first-order valence-corrected chi connectivity index (χ1v) is 7.10. The van der Waals surface area contributed by atoms with Crippen molar-refractivity contribution in [3.8, 4) is 11.5 Å². The van der Waals surface area contributed by atoms with Gasteiger partial charge in [-0.05, 0) is 38.1 Å². The zero-order valence-corrected chi connectivity index (χ0v) is 12.6. The molecule has 1 heterocycles. The Balaban J connectivity index is 2.05. The molecule has 0 unspecified atom stereocenters. The molecule has 0 saturated heterocycles. The predicted molar refractivity (Wildman–Crippen MR) is 85.7 cm³/mol. The second-order valence-electron chi connectivity index (χ2n) is 4.35. The predicted octanol–water partition coefficient (Wildman–Crippen LogP) is 3.52. The molecule has 2 N–H and O–H groups in total. The van der Waals surface area contributed by atoms with E-state index in [-0.39, 0.29) is 6.03 Å². The van der Waals surface area contributed by atoms with Crippen molar-refractivity contribution in [1.29, 1.82) is 0 Å². The molecule has 22 heavy (non-hydrogen) atoms. The summed E-state index contributed by atoms with van der Waals surface area (Å²) in [6, 6.07) is 8.43. The number of urea groups is 1. The molecule has 0 bridgehead atoms. The Labute approximate surface area is 129 Å². The Morgan fingerprint density at radius 2 is 1.77 bits per heavy atom. The molecule has 0 fully saturated rings. The number of nitrogens with one attached hydrogen (secondary N) is 2. The number of nitrogens with zero attached hydrogens (tertiary/aromatic N) is 1. The van der Waals surface area contributed by atoms with Crippen LogP contribution in [0.5, 0.6) is 11.5 Å². The molecule has 0 aliphatic heterocycles.